The minimum Gasteiger partial charge on any atom is -0.378 e. The van der Waals surface area contributed by atoms with E-state index >= 15 is 0 Å². The van der Waals surface area contributed by atoms with E-state index in [1.165, 1.54) is 0 Å². The third-order valence-electron chi connectivity index (χ3n) is 5.70. The monoisotopic (exact) mass is 370 g/mol. The fourth-order valence-electron chi connectivity index (χ4n) is 3.98. The van der Waals surface area contributed by atoms with Crippen LogP contribution in [0.5, 0.6) is 0 Å². The number of imidazole rings is 1. The predicted molar refractivity (Wildman–Crippen MR) is 101 cm³/mol. The molecule has 0 radical (unpaired) electrons. The fraction of sp³-hybridized carbons (Fsp3) is 0.550. The quantitative estimate of drug-likeness (QED) is 0.824. The summed E-state index contributed by atoms with van der Waals surface area (Å²) in [6, 6.07) is 5.69. The van der Waals surface area contributed by atoms with E-state index in [-0.39, 0.29) is 11.8 Å². The summed E-state index contributed by atoms with van der Waals surface area (Å²) in [5.74, 6) is 0.645. The summed E-state index contributed by atoms with van der Waals surface area (Å²) in [6.07, 6.45) is 4.11. The Labute approximate surface area is 158 Å². The first-order valence-corrected chi connectivity index (χ1v) is 9.67. The van der Waals surface area contributed by atoms with Gasteiger partial charge in [-0.15, -0.1) is 0 Å². The Kier molecular flexibility index (Phi) is 5.11. The van der Waals surface area contributed by atoms with Gasteiger partial charge in [0.15, 0.2) is 0 Å². The zero-order valence-corrected chi connectivity index (χ0v) is 15.8. The van der Waals surface area contributed by atoms with E-state index in [2.05, 4.69) is 4.98 Å². The number of carbonyl (C=O) groups is 2. The van der Waals surface area contributed by atoms with Crippen molar-refractivity contribution >= 4 is 22.8 Å². The molecule has 4 rings (SSSR count). The summed E-state index contributed by atoms with van der Waals surface area (Å²) in [4.78, 5) is 33.4. The molecule has 2 aromatic rings. The highest BCUT2D eigenvalue weighted by molar-refractivity contribution is 5.97. The number of aryl methyl sites for hydroxylation is 1. The lowest BCUT2D eigenvalue weighted by Gasteiger charge is -2.33. The van der Waals surface area contributed by atoms with Gasteiger partial charge in [0.05, 0.1) is 30.6 Å². The van der Waals surface area contributed by atoms with Crippen molar-refractivity contribution in [3.05, 3.63) is 30.1 Å². The van der Waals surface area contributed by atoms with E-state index in [0.717, 1.165) is 23.9 Å². The van der Waals surface area contributed by atoms with Crippen molar-refractivity contribution in [2.24, 2.45) is 13.0 Å². The van der Waals surface area contributed by atoms with Crippen molar-refractivity contribution < 1.29 is 14.3 Å². The summed E-state index contributed by atoms with van der Waals surface area (Å²) < 4.78 is 7.25. The molecule has 2 saturated heterocycles. The van der Waals surface area contributed by atoms with Crippen LogP contribution in [0.4, 0.5) is 0 Å². The second kappa shape index (κ2) is 7.68. The molecule has 0 atom stereocenters. The van der Waals surface area contributed by atoms with Crippen LogP contribution >= 0.6 is 0 Å². The van der Waals surface area contributed by atoms with Gasteiger partial charge < -0.3 is 19.1 Å². The zero-order valence-electron chi connectivity index (χ0n) is 15.8. The van der Waals surface area contributed by atoms with Gasteiger partial charge in [-0.2, -0.15) is 0 Å². The van der Waals surface area contributed by atoms with Crippen molar-refractivity contribution in [1.29, 1.82) is 0 Å². The maximum Gasteiger partial charge on any atom is 0.253 e. The highest BCUT2D eigenvalue weighted by atomic mass is 16.5. The number of carbonyl (C=O) groups excluding carboxylic acids is 2. The van der Waals surface area contributed by atoms with Crippen molar-refractivity contribution in [3.63, 3.8) is 0 Å². The van der Waals surface area contributed by atoms with Crippen LogP contribution < -0.4 is 0 Å². The first kappa shape index (κ1) is 18.0. The van der Waals surface area contributed by atoms with Gasteiger partial charge in [-0.1, -0.05) is 0 Å². The smallest absolute Gasteiger partial charge is 0.253 e. The molecule has 2 amide bonds. The molecule has 1 aromatic carbocycles. The molecule has 0 spiro atoms. The lowest BCUT2D eigenvalue weighted by atomic mass is 9.92. The number of nitrogens with zero attached hydrogens (tertiary/aromatic N) is 4. The number of amides is 2. The van der Waals surface area contributed by atoms with E-state index in [0.29, 0.717) is 57.3 Å². The van der Waals surface area contributed by atoms with Crippen LogP contribution in [0.25, 0.3) is 11.0 Å². The molecule has 0 N–H and O–H groups in total. The predicted octanol–water partition coefficient (Wildman–Crippen LogP) is 1.67. The average Bonchev–Trinajstić information content (AvgIpc) is 3.09. The van der Waals surface area contributed by atoms with Crippen LogP contribution in [-0.4, -0.2) is 70.6 Å². The largest absolute Gasteiger partial charge is 0.378 e. The molecule has 0 saturated carbocycles. The van der Waals surface area contributed by atoms with Gasteiger partial charge in [0.2, 0.25) is 5.91 Å². The lowest BCUT2D eigenvalue weighted by molar-refractivity contribution is -0.136. The van der Waals surface area contributed by atoms with Gasteiger partial charge in [-0.05, 0) is 37.0 Å². The molecular weight excluding hydrogens is 344 g/mol. The van der Waals surface area contributed by atoms with Crippen LogP contribution in [0, 0.1) is 5.92 Å². The molecule has 144 valence electrons. The Hall–Kier alpha value is -2.41. The van der Waals surface area contributed by atoms with Gasteiger partial charge in [0.1, 0.15) is 0 Å². The zero-order chi connectivity index (χ0) is 18.8. The Bertz CT molecular complexity index is 833. The first-order valence-electron chi connectivity index (χ1n) is 9.67. The third kappa shape index (κ3) is 3.83. The maximum atomic E-state index is 12.8. The number of aromatic nitrogens is 2. The van der Waals surface area contributed by atoms with Crippen LogP contribution in [0.2, 0.25) is 0 Å². The van der Waals surface area contributed by atoms with Crippen molar-refractivity contribution in [2.75, 3.05) is 39.4 Å². The molecule has 2 aliphatic heterocycles. The van der Waals surface area contributed by atoms with Crippen LogP contribution in [0.15, 0.2) is 24.5 Å². The number of rotatable bonds is 3. The number of hydrogen-bond donors (Lipinski definition) is 0. The van der Waals surface area contributed by atoms with Crippen molar-refractivity contribution in [1.82, 2.24) is 19.4 Å². The Morgan fingerprint density at radius 3 is 2.59 bits per heavy atom. The average molecular weight is 370 g/mol. The minimum absolute atomic E-state index is 0.0560. The van der Waals surface area contributed by atoms with Crippen LogP contribution in [-0.2, 0) is 16.6 Å². The van der Waals surface area contributed by atoms with Crippen LogP contribution in [0.1, 0.15) is 29.6 Å². The SMILES string of the molecule is Cn1cnc2cc(C(=O)N3CCC(CC(=O)N4CCOCC4)CC3)ccc21. The first-order chi connectivity index (χ1) is 13.1. The highest BCUT2D eigenvalue weighted by Crippen LogP contribution is 2.24. The number of piperidine rings is 1. The summed E-state index contributed by atoms with van der Waals surface area (Å²) >= 11 is 0. The number of benzene rings is 1. The fourth-order valence-corrected chi connectivity index (χ4v) is 3.98. The molecule has 2 aliphatic rings. The molecule has 7 nitrogen and oxygen atoms in total. The molecular formula is C20H26N4O3. The molecule has 27 heavy (non-hydrogen) atoms. The van der Waals surface area contributed by atoms with E-state index in [1.54, 1.807) is 6.33 Å². The van der Waals surface area contributed by atoms with Crippen molar-refractivity contribution in [3.8, 4) is 0 Å². The normalized spacial score (nSPS) is 18.9. The third-order valence-corrected chi connectivity index (χ3v) is 5.70. The Balaban J connectivity index is 1.32. The Morgan fingerprint density at radius 2 is 1.85 bits per heavy atom. The number of morpholine rings is 1. The molecule has 1 aromatic heterocycles. The number of likely N-dealkylation sites (tertiary alicyclic amines) is 1. The Morgan fingerprint density at radius 1 is 1.11 bits per heavy atom. The number of ether oxygens (including phenoxy) is 1. The van der Waals surface area contributed by atoms with E-state index in [1.807, 2.05) is 39.6 Å². The van der Waals surface area contributed by atoms with Gasteiger partial charge in [0, 0.05) is 45.2 Å². The van der Waals surface area contributed by atoms with E-state index < -0.39 is 0 Å². The number of fused-ring (bicyclic) bond motifs is 1. The molecule has 0 bridgehead atoms. The molecule has 7 heteroatoms. The molecule has 3 heterocycles. The second-order valence-electron chi connectivity index (χ2n) is 7.49. The standard InChI is InChI=1S/C20H26N4O3/c1-22-14-21-17-13-16(2-3-18(17)22)20(26)24-6-4-15(5-7-24)12-19(25)23-8-10-27-11-9-23/h2-3,13-15H,4-12H2,1H3. The minimum atomic E-state index is 0.0560. The number of hydrogen-bond acceptors (Lipinski definition) is 4. The van der Waals surface area contributed by atoms with E-state index in [9.17, 15) is 9.59 Å². The van der Waals surface area contributed by atoms with Crippen LogP contribution in [0.3, 0.4) is 0 Å². The summed E-state index contributed by atoms with van der Waals surface area (Å²) in [5, 5.41) is 0. The topological polar surface area (TPSA) is 67.7 Å². The van der Waals surface area contributed by atoms with Gasteiger partial charge in [0.25, 0.3) is 5.91 Å². The summed E-state index contributed by atoms with van der Waals surface area (Å²) in [6.45, 7) is 4.09. The lowest BCUT2D eigenvalue weighted by Crippen LogP contribution is -2.43. The maximum absolute atomic E-state index is 12.8. The van der Waals surface area contributed by atoms with Crippen molar-refractivity contribution in [2.45, 2.75) is 19.3 Å². The second-order valence-corrected chi connectivity index (χ2v) is 7.49. The molecule has 0 aliphatic carbocycles. The van der Waals surface area contributed by atoms with Gasteiger partial charge >= 0.3 is 0 Å². The van der Waals surface area contributed by atoms with E-state index in [4.69, 9.17) is 4.74 Å². The highest BCUT2D eigenvalue weighted by Gasteiger charge is 2.27. The summed E-state index contributed by atoms with van der Waals surface area (Å²) in [5.41, 5.74) is 2.55. The molecule has 2 fully saturated rings. The summed E-state index contributed by atoms with van der Waals surface area (Å²) in [7, 11) is 1.94. The van der Waals surface area contributed by atoms with Gasteiger partial charge in [-0.3, -0.25) is 9.59 Å². The van der Waals surface area contributed by atoms with Gasteiger partial charge in [-0.25, -0.2) is 4.98 Å². The molecule has 0 unspecified atom stereocenters.